The van der Waals surface area contributed by atoms with Crippen molar-refractivity contribution in [1.82, 2.24) is 9.97 Å². The van der Waals surface area contributed by atoms with E-state index in [-0.39, 0.29) is 0 Å². The third kappa shape index (κ3) is 2.72. The van der Waals surface area contributed by atoms with Crippen LogP contribution in [0.1, 0.15) is 11.4 Å². The maximum atomic E-state index is 6.32. The molecule has 2 nitrogen and oxygen atoms in total. The highest BCUT2D eigenvalue weighted by Crippen LogP contribution is 2.23. The third-order valence-corrected chi connectivity index (χ3v) is 3.54. The molecule has 3 aromatic rings. The minimum atomic E-state index is 0.592. The molecule has 0 spiro atoms. The summed E-state index contributed by atoms with van der Waals surface area (Å²) < 4.78 is 1.02. The number of rotatable bonds is 2. The molecule has 19 heavy (non-hydrogen) atoms. The van der Waals surface area contributed by atoms with Gasteiger partial charge >= 0.3 is 0 Å². The number of aromatic nitrogens is 2. The smallest absolute Gasteiger partial charge is 0.150 e. The molecule has 4 heteroatoms. The van der Waals surface area contributed by atoms with Crippen molar-refractivity contribution in [3.8, 4) is 0 Å². The molecule has 0 aliphatic carbocycles. The minimum absolute atomic E-state index is 0.592. The van der Waals surface area contributed by atoms with E-state index in [4.69, 9.17) is 11.6 Å². The second kappa shape index (κ2) is 5.19. The van der Waals surface area contributed by atoms with Crippen molar-refractivity contribution >= 4 is 49.7 Å². The van der Waals surface area contributed by atoms with Crippen molar-refractivity contribution in [3.63, 3.8) is 0 Å². The molecule has 2 aromatic carbocycles. The lowest BCUT2D eigenvalue weighted by atomic mass is 10.2. The van der Waals surface area contributed by atoms with E-state index in [2.05, 4.69) is 25.9 Å². The molecule has 1 heterocycles. The summed E-state index contributed by atoms with van der Waals surface area (Å²) in [5.41, 5.74) is 2.93. The zero-order chi connectivity index (χ0) is 13.2. The van der Waals surface area contributed by atoms with Crippen LogP contribution in [0.4, 0.5) is 0 Å². The first-order chi connectivity index (χ1) is 9.22. The van der Waals surface area contributed by atoms with Crippen LogP contribution in [-0.2, 0) is 0 Å². The van der Waals surface area contributed by atoms with Crippen LogP contribution in [0.2, 0.25) is 0 Å². The summed E-state index contributed by atoms with van der Waals surface area (Å²) in [6, 6.07) is 15.8. The molecule has 0 aliphatic heterocycles. The predicted octanol–water partition coefficient (Wildman–Crippen LogP) is 5.06. The van der Waals surface area contributed by atoms with Crippen molar-refractivity contribution in [2.75, 3.05) is 0 Å². The predicted molar refractivity (Wildman–Crippen MR) is 84.0 cm³/mol. The van der Waals surface area contributed by atoms with Crippen molar-refractivity contribution in [1.29, 1.82) is 0 Å². The molecule has 0 aliphatic rings. The van der Waals surface area contributed by atoms with Crippen LogP contribution in [0.5, 0.6) is 0 Å². The number of imidazole rings is 1. The highest BCUT2D eigenvalue weighted by Gasteiger charge is 2.05. The van der Waals surface area contributed by atoms with Crippen LogP contribution in [-0.4, -0.2) is 9.97 Å². The van der Waals surface area contributed by atoms with Crippen molar-refractivity contribution in [2.45, 2.75) is 0 Å². The van der Waals surface area contributed by atoms with Gasteiger partial charge in [-0.2, -0.15) is 0 Å². The Kier molecular flexibility index (Phi) is 3.40. The highest BCUT2D eigenvalue weighted by molar-refractivity contribution is 9.10. The van der Waals surface area contributed by atoms with Crippen LogP contribution < -0.4 is 0 Å². The summed E-state index contributed by atoms with van der Waals surface area (Å²) in [7, 11) is 0. The van der Waals surface area contributed by atoms with E-state index in [9.17, 15) is 0 Å². The van der Waals surface area contributed by atoms with E-state index in [1.165, 1.54) is 0 Å². The Hall–Kier alpha value is -1.58. The summed E-state index contributed by atoms with van der Waals surface area (Å²) in [5, 5.41) is 0.592. The number of H-pyrrole nitrogens is 1. The molecule has 0 radical (unpaired) electrons. The second-order valence-corrected chi connectivity index (χ2v) is 5.47. The largest absolute Gasteiger partial charge is 0.337 e. The molecule has 0 unspecified atom stereocenters. The van der Waals surface area contributed by atoms with E-state index in [1.807, 2.05) is 54.6 Å². The Labute approximate surface area is 124 Å². The number of nitrogens with zero attached hydrogens (tertiary/aromatic N) is 1. The van der Waals surface area contributed by atoms with E-state index in [0.29, 0.717) is 10.9 Å². The zero-order valence-corrected chi connectivity index (χ0v) is 12.2. The summed E-state index contributed by atoms with van der Waals surface area (Å²) in [5.74, 6) is 0.683. The number of benzene rings is 2. The monoisotopic (exact) mass is 332 g/mol. The van der Waals surface area contributed by atoms with Gasteiger partial charge in [0, 0.05) is 4.47 Å². The molecule has 0 atom stereocenters. The van der Waals surface area contributed by atoms with Crippen molar-refractivity contribution in [2.24, 2.45) is 0 Å². The molecule has 0 saturated heterocycles. The van der Waals surface area contributed by atoms with Gasteiger partial charge in [0.25, 0.3) is 0 Å². The Morgan fingerprint density at radius 2 is 2.00 bits per heavy atom. The fraction of sp³-hybridized carbons (Fsp3) is 0. The van der Waals surface area contributed by atoms with Gasteiger partial charge in [-0.3, -0.25) is 0 Å². The van der Waals surface area contributed by atoms with Gasteiger partial charge < -0.3 is 4.98 Å². The minimum Gasteiger partial charge on any atom is -0.337 e. The van der Waals surface area contributed by atoms with Gasteiger partial charge in [0.2, 0.25) is 0 Å². The van der Waals surface area contributed by atoms with E-state index >= 15 is 0 Å². The summed E-state index contributed by atoms with van der Waals surface area (Å²) >= 11 is 9.76. The maximum Gasteiger partial charge on any atom is 0.150 e. The number of hydrogen-bond donors (Lipinski definition) is 1. The summed E-state index contributed by atoms with van der Waals surface area (Å²) in [6.45, 7) is 0. The Morgan fingerprint density at radius 3 is 2.79 bits per heavy atom. The fourth-order valence-electron chi connectivity index (χ4n) is 1.88. The lowest BCUT2D eigenvalue weighted by molar-refractivity contribution is 1.29. The standard InChI is InChI=1S/C15H10BrClN2/c16-11-5-3-4-10(8-11)9-12(17)15-18-13-6-1-2-7-14(13)19-15/h1-9H,(H,18,19)/b12-9+. The zero-order valence-electron chi connectivity index (χ0n) is 9.90. The Bertz CT molecular complexity index is 728. The molecule has 0 saturated carbocycles. The van der Waals surface area contributed by atoms with Gasteiger partial charge in [-0.1, -0.05) is 51.8 Å². The van der Waals surface area contributed by atoms with Gasteiger partial charge in [0.1, 0.15) is 5.82 Å². The number of para-hydroxylation sites is 2. The summed E-state index contributed by atoms with van der Waals surface area (Å²) in [6.07, 6.45) is 1.89. The van der Waals surface area contributed by atoms with Crippen LogP contribution in [0.3, 0.4) is 0 Å². The molecule has 94 valence electrons. The lowest BCUT2D eigenvalue weighted by Gasteiger charge is -1.96. The first kappa shape index (κ1) is 12.5. The quantitative estimate of drug-likeness (QED) is 0.697. The van der Waals surface area contributed by atoms with Gasteiger partial charge in [0.05, 0.1) is 16.1 Å². The van der Waals surface area contributed by atoms with Gasteiger partial charge in [-0.05, 0) is 35.9 Å². The second-order valence-electron chi connectivity index (χ2n) is 4.15. The van der Waals surface area contributed by atoms with Gasteiger partial charge in [0.15, 0.2) is 0 Å². The fourth-order valence-corrected chi connectivity index (χ4v) is 2.51. The van der Waals surface area contributed by atoms with Crippen molar-refractivity contribution < 1.29 is 0 Å². The molecule has 0 bridgehead atoms. The highest BCUT2D eigenvalue weighted by atomic mass is 79.9. The van der Waals surface area contributed by atoms with Crippen LogP contribution in [0.15, 0.2) is 53.0 Å². The first-order valence-electron chi connectivity index (χ1n) is 5.80. The Morgan fingerprint density at radius 1 is 1.16 bits per heavy atom. The number of hydrogen-bond acceptors (Lipinski definition) is 1. The number of fused-ring (bicyclic) bond motifs is 1. The SMILES string of the molecule is Cl/C(=C/c1cccc(Br)c1)c1nc2ccccc2[nH]1. The average Bonchev–Trinajstić information content (AvgIpc) is 2.82. The number of halogens is 2. The van der Waals surface area contributed by atoms with Crippen LogP contribution in [0.25, 0.3) is 22.1 Å². The summed E-state index contributed by atoms with van der Waals surface area (Å²) in [4.78, 5) is 7.67. The van der Waals surface area contributed by atoms with Crippen LogP contribution in [0, 0.1) is 0 Å². The molecular weight excluding hydrogens is 324 g/mol. The topological polar surface area (TPSA) is 28.7 Å². The van der Waals surface area contributed by atoms with E-state index in [1.54, 1.807) is 0 Å². The molecule has 0 amide bonds. The third-order valence-electron chi connectivity index (χ3n) is 2.76. The molecule has 1 N–H and O–H groups in total. The van der Waals surface area contributed by atoms with Gasteiger partial charge in [-0.15, -0.1) is 0 Å². The van der Waals surface area contributed by atoms with E-state index < -0.39 is 0 Å². The first-order valence-corrected chi connectivity index (χ1v) is 6.97. The normalized spacial score (nSPS) is 12.0. The molecule has 3 rings (SSSR count). The maximum absolute atomic E-state index is 6.32. The van der Waals surface area contributed by atoms with Gasteiger partial charge in [-0.25, -0.2) is 4.98 Å². The lowest BCUT2D eigenvalue weighted by Crippen LogP contribution is -1.80. The number of nitrogens with one attached hydrogen (secondary N) is 1. The van der Waals surface area contributed by atoms with Crippen molar-refractivity contribution in [3.05, 3.63) is 64.4 Å². The van der Waals surface area contributed by atoms with Crippen LogP contribution >= 0.6 is 27.5 Å². The average molecular weight is 334 g/mol. The molecule has 1 aromatic heterocycles. The molecule has 0 fully saturated rings. The van der Waals surface area contributed by atoms with E-state index in [0.717, 1.165) is 21.1 Å². The molecular formula is C15H10BrClN2. The Balaban J connectivity index is 2.01. The number of aromatic amines is 1.